The van der Waals surface area contributed by atoms with Crippen molar-refractivity contribution >= 4 is 23.2 Å². The molecular weight excluding hydrogens is 318 g/mol. The summed E-state index contributed by atoms with van der Waals surface area (Å²) in [5.41, 5.74) is 0.644. The van der Waals surface area contributed by atoms with Gasteiger partial charge in [0.2, 0.25) is 0 Å². The van der Waals surface area contributed by atoms with Gasteiger partial charge in [0.05, 0.1) is 11.9 Å². The molecular formula is C16H12F2N4O2. The average Bonchev–Trinajstić information content (AvgIpc) is 2.97. The van der Waals surface area contributed by atoms with Crippen LogP contribution in [0.5, 0.6) is 0 Å². The van der Waals surface area contributed by atoms with E-state index in [4.69, 9.17) is 4.52 Å². The first kappa shape index (κ1) is 15.6. The third kappa shape index (κ3) is 3.54. The van der Waals surface area contributed by atoms with Crippen molar-refractivity contribution in [1.29, 1.82) is 0 Å². The number of aryl methyl sites for hydroxylation is 1. The molecule has 0 aliphatic heterocycles. The van der Waals surface area contributed by atoms with Crippen LogP contribution in [0.4, 0.5) is 26.1 Å². The normalized spacial score (nSPS) is 10.5. The predicted octanol–water partition coefficient (Wildman–Crippen LogP) is 3.65. The highest BCUT2D eigenvalue weighted by Gasteiger charge is 2.10. The van der Waals surface area contributed by atoms with Gasteiger partial charge in [0, 0.05) is 11.6 Å². The van der Waals surface area contributed by atoms with Crippen LogP contribution in [0.25, 0.3) is 0 Å². The molecule has 24 heavy (non-hydrogen) atoms. The fourth-order valence-corrected chi connectivity index (χ4v) is 1.94. The lowest BCUT2D eigenvalue weighted by Crippen LogP contribution is -2.13. The zero-order valence-corrected chi connectivity index (χ0v) is 12.5. The van der Waals surface area contributed by atoms with Crippen molar-refractivity contribution in [3.63, 3.8) is 0 Å². The van der Waals surface area contributed by atoms with E-state index in [2.05, 4.69) is 20.8 Å². The molecule has 0 fully saturated rings. The van der Waals surface area contributed by atoms with Gasteiger partial charge < -0.3 is 15.2 Å². The molecule has 0 spiro atoms. The largest absolute Gasteiger partial charge is 0.360 e. The van der Waals surface area contributed by atoms with Crippen molar-refractivity contribution in [3.8, 4) is 0 Å². The van der Waals surface area contributed by atoms with Crippen LogP contribution in [0.3, 0.4) is 0 Å². The number of amides is 1. The summed E-state index contributed by atoms with van der Waals surface area (Å²) in [7, 11) is 0. The molecule has 0 atom stereocenters. The molecule has 0 unspecified atom stereocenters. The zero-order valence-electron chi connectivity index (χ0n) is 12.5. The van der Waals surface area contributed by atoms with E-state index in [1.165, 1.54) is 12.3 Å². The van der Waals surface area contributed by atoms with Crippen LogP contribution in [0, 0.1) is 18.6 Å². The number of nitrogens with zero attached hydrogens (tertiary/aromatic N) is 2. The number of carbonyl (C=O) groups excluding carboxylic acids is 1. The molecule has 2 N–H and O–H groups in total. The summed E-state index contributed by atoms with van der Waals surface area (Å²) in [6.45, 7) is 1.77. The Bertz CT molecular complexity index is 878. The van der Waals surface area contributed by atoms with Crippen LogP contribution in [0.1, 0.15) is 16.1 Å². The lowest BCUT2D eigenvalue weighted by atomic mass is 10.2. The van der Waals surface area contributed by atoms with Crippen LogP contribution in [-0.4, -0.2) is 16.0 Å². The topological polar surface area (TPSA) is 80.0 Å². The Morgan fingerprint density at radius 3 is 2.54 bits per heavy atom. The SMILES string of the molecule is Cc1cc(Nc2ccc(NC(=O)c3ccc(F)c(F)c3)nc2)no1. The molecule has 0 aliphatic carbocycles. The van der Waals surface area contributed by atoms with Crippen molar-refractivity contribution in [2.24, 2.45) is 0 Å². The number of nitrogens with one attached hydrogen (secondary N) is 2. The van der Waals surface area contributed by atoms with Crippen molar-refractivity contribution < 1.29 is 18.1 Å². The molecule has 6 nitrogen and oxygen atoms in total. The van der Waals surface area contributed by atoms with Gasteiger partial charge >= 0.3 is 0 Å². The molecule has 0 saturated carbocycles. The number of carbonyl (C=O) groups is 1. The van der Waals surface area contributed by atoms with Crippen LogP contribution in [-0.2, 0) is 0 Å². The number of halogens is 2. The van der Waals surface area contributed by atoms with E-state index in [9.17, 15) is 13.6 Å². The molecule has 2 heterocycles. The molecule has 8 heteroatoms. The monoisotopic (exact) mass is 330 g/mol. The number of pyridine rings is 1. The first-order valence-electron chi connectivity index (χ1n) is 6.94. The Morgan fingerprint density at radius 1 is 1.08 bits per heavy atom. The third-order valence-electron chi connectivity index (χ3n) is 3.09. The molecule has 0 radical (unpaired) electrons. The van der Waals surface area contributed by atoms with Gasteiger partial charge in [-0.25, -0.2) is 13.8 Å². The maximum Gasteiger partial charge on any atom is 0.256 e. The highest BCUT2D eigenvalue weighted by molar-refractivity contribution is 6.03. The van der Waals surface area contributed by atoms with Crippen molar-refractivity contribution in [2.45, 2.75) is 6.92 Å². The predicted molar refractivity (Wildman–Crippen MR) is 83.1 cm³/mol. The fraction of sp³-hybridized carbons (Fsp3) is 0.0625. The van der Waals surface area contributed by atoms with Crippen LogP contribution in [0.15, 0.2) is 47.1 Å². The van der Waals surface area contributed by atoms with Crippen LogP contribution < -0.4 is 10.6 Å². The van der Waals surface area contributed by atoms with Gasteiger partial charge in [-0.3, -0.25) is 4.79 Å². The molecule has 1 amide bonds. The number of rotatable bonds is 4. The second-order valence-electron chi connectivity index (χ2n) is 4.96. The van der Waals surface area contributed by atoms with Crippen LogP contribution >= 0.6 is 0 Å². The molecule has 3 aromatic rings. The van der Waals surface area contributed by atoms with Crippen molar-refractivity contribution in [1.82, 2.24) is 10.1 Å². The van der Waals surface area contributed by atoms with E-state index in [0.717, 1.165) is 12.1 Å². The third-order valence-corrected chi connectivity index (χ3v) is 3.09. The number of aromatic nitrogens is 2. The summed E-state index contributed by atoms with van der Waals surface area (Å²) >= 11 is 0. The number of hydrogen-bond donors (Lipinski definition) is 2. The number of hydrogen-bond acceptors (Lipinski definition) is 5. The van der Waals surface area contributed by atoms with E-state index in [1.54, 1.807) is 25.1 Å². The van der Waals surface area contributed by atoms with Crippen molar-refractivity contribution in [3.05, 3.63) is 65.6 Å². The fourth-order valence-electron chi connectivity index (χ4n) is 1.94. The minimum absolute atomic E-state index is 0.00373. The minimum atomic E-state index is -1.09. The summed E-state index contributed by atoms with van der Waals surface area (Å²) in [5.74, 6) is -1.21. The van der Waals surface area contributed by atoms with Gasteiger partial charge in [-0.05, 0) is 37.3 Å². The van der Waals surface area contributed by atoms with Gasteiger partial charge in [-0.15, -0.1) is 0 Å². The molecule has 2 aromatic heterocycles. The molecule has 3 rings (SSSR count). The minimum Gasteiger partial charge on any atom is -0.360 e. The second-order valence-corrected chi connectivity index (χ2v) is 4.96. The van der Waals surface area contributed by atoms with E-state index in [1.807, 2.05) is 0 Å². The Balaban J connectivity index is 1.67. The van der Waals surface area contributed by atoms with Gasteiger partial charge in [0.25, 0.3) is 5.91 Å². The Labute approximate surface area is 135 Å². The summed E-state index contributed by atoms with van der Waals surface area (Å²) in [6, 6.07) is 7.87. The van der Waals surface area contributed by atoms with Crippen molar-refractivity contribution in [2.75, 3.05) is 10.6 Å². The Morgan fingerprint density at radius 2 is 1.92 bits per heavy atom. The Kier molecular flexibility index (Phi) is 4.19. The summed E-state index contributed by atoms with van der Waals surface area (Å²) in [5, 5.41) is 9.27. The average molecular weight is 330 g/mol. The van der Waals surface area contributed by atoms with Gasteiger partial charge in [-0.1, -0.05) is 5.16 Å². The summed E-state index contributed by atoms with van der Waals surface area (Å²) in [6.07, 6.45) is 1.49. The quantitative estimate of drug-likeness (QED) is 0.763. The maximum atomic E-state index is 13.1. The highest BCUT2D eigenvalue weighted by Crippen LogP contribution is 2.17. The summed E-state index contributed by atoms with van der Waals surface area (Å²) < 4.78 is 31.0. The number of benzene rings is 1. The van der Waals surface area contributed by atoms with Gasteiger partial charge in [0.15, 0.2) is 17.5 Å². The lowest BCUT2D eigenvalue weighted by molar-refractivity contribution is 0.102. The summed E-state index contributed by atoms with van der Waals surface area (Å²) in [4.78, 5) is 16.0. The standard InChI is InChI=1S/C16H12F2N4O2/c1-9-6-15(22-24-9)20-11-3-5-14(19-8-11)21-16(23)10-2-4-12(17)13(18)7-10/h2-8H,1H3,(H,20,22)(H,19,21,23). The van der Waals surface area contributed by atoms with E-state index < -0.39 is 17.5 Å². The van der Waals surface area contributed by atoms with Gasteiger partial charge in [0.1, 0.15) is 11.6 Å². The highest BCUT2D eigenvalue weighted by atomic mass is 19.2. The second kappa shape index (κ2) is 6.45. The van der Waals surface area contributed by atoms with E-state index >= 15 is 0 Å². The van der Waals surface area contributed by atoms with Crippen LogP contribution in [0.2, 0.25) is 0 Å². The van der Waals surface area contributed by atoms with E-state index in [0.29, 0.717) is 17.3 Å². The lowest BCUT2D eigenvalue weighted by Gasteiger charge is -2.06. The van der Waals surface area contributed by atoms with Gasteiger partial charge in [-0.2, -0.15) is 0 Å². The molecule has 122 valence electrons. The first-order chi connectivity index (χ1) is 11.5. The molecule has 0 bridgehead atoms. The Hall–Kier alpha value is -3.29. The number of anilines is 3. The zero-order chi connectivity index (χ0) is 17.1. The van der Waals surface area contributed by atoms with E-state index in [-0.39, 0.29) is 11.4 Å². The smallest absolute Gasteiger partial charge is 0.256 e. The molecule has 0 aliphatic rings. The first-order valence-corrected chi connectivity index (χ1v) is 6.94. The molecule has 0 saturated heterocycles. The molecule has 1 aromatic carbocycles. The maximum absolute atomic E-state index is 13.1.